The first-order valence-electron chi connectivity index (χ1n) is 6.40. The minimum absolute atomic E-state index is 0.428. The number of halogens is 5. The molecule has 0 saturated carbocycles. The number of nitrogens with zero attached hydrogens (tertiary/aromatic N) is 1. The van der Waals surface area contributed by atoms with Gasteiger partial charge in [0.15, 0.2) is 0 Å². The highest BCUT2D eigenvalue weighted by Gasteiger charge is 2.55. The molecule has 136 valence electrons. The molecule has 6 nitrogen and oxygen atoms in total. The standard InChI is InChI=1S/C11H16F5NO5S/c1-9(2,3)21-8(18)17-5-4-7(10(12,13)6-17)22-23(19,20)11(14,15)16/h7H,4-6H2,1-3H3/t7-/m0/s1. The summed E-state index contributed by atoms with van der Waals surface area (Å²) in [6.45, 7) is 2.79. The third-order valence-corrected chi connectivity index (χ3v) is 3.76. The molecule has 0 radical (unpaired) electrons. The van der Waals surface area contributed by atoms with E-state index in [1.54, 1.807) is 0 Å². The average Bonchev–Trinajstić information content (AvgIpc) is 2.27. The van der Waals surface area contributed by atoms with Crippen LogP contribution in [-0.4, -0.2) is 55.6 Å². The summed E-state index contributed by atoms with van der Waals surface area (Å²) in [5, 5.41) is 0. The molecule has 0 spiro atoms. The molecule has 1 amide bonds. The lowest BCUT2D eigenvalue weighted by atomic mass is 10.0. The Bertz CT molecular complexity index is 554. The maximum absolute atomic E-state index is 13.8. The molecule has 0 aromatic heterocycles. The molecule has 23 heavy (non-hydrogen) atoms. The number of likely N-dealkylation sites (tertiary alicyclic amines) is 1. The van der Waals surface area contributed by atoms with Crippen molar-refractivity contribution in [2.75, 3.05) is 13.1 Å². The molecule has 0 aromatic rings. The van der Waals surface area contributed by atoms with Crippen LogP contribution in [0.15, 0.2) is 0 Å². The highest BCUT2D eigenvalue weighted by atomic mass is 32.2. The number of carbonyl (C=O) groups excluding carboxylic acids is 1. The van der Waals surface area contributed by atoms with Crippen molar-refractivity contribution in [2.24, 2.45) is 0 Å². The molecular formula is C11H16F5NO5S. The van der Waals surface area contributed by atoms with Gasteiger partial charge in [0.1, 0.15) is 11.7 Å². The summed E-state index contributed by atoms with van der Waals surface area (Å²) >= 11 is 0. The normalized spacial score (nSPS) is 22.8. The molecule has 1 aliphatic rings. The van der Waals surface area contributed by atoms with Crippen LogP contribution < -0.4 is 0 Å². The van der Waals surface area contributed by atoms with Crippen molar-refractivity contribution in [2.45, 2.75) is 50.3 Å². The molecule has 1 aliphatic heterocycles. The van der Waals surface area contributed by atoms with Gasteiger partial charge in [0.25, 0.3) is 5.92 Å². The van der Waals surface area contributed by atoms with Gasteiger partial charge >= 0.3 is 21.7 Å². The average molecular weight is 369 g/mol. The monoisotopic (exact) mass is 369 g/mol. The lowest BCUT2D eigenvalue weighted by Gasteiger charge is -2.38. The van der Waals surface area contributed by atoms with Gasteiger partial charge in [-0.1, -0.05) is 0 Å². The summed E-state index contributed by atoms with van der Waals surface area (Å²) in [7, 11) is -6.15. The SMILES string of the molecule is CC(C)(C)OC(=O)N1CC[C@H](OS(=O)(=O)C(F)(F)F)C(F)(F)C1. The zero-order chi connectivity index (χ0) is 18.3. The third kappa shape index (κ3) is 5.16. The van der Waals surface area contributed by atoms with Crippen molar-refractivity contribution in [1.29, 1.82) is 0 Å². The molecular weight excluding hydrogens is 353 g/mol. The van der Waals surface area contributed by atoms with Crippen LogP contribution in [0.25, 0.3) is 0 Å². The largest absolute Gasteiger partial charge is 0.523 e. The molecule has 1 saturated heterocycles. The van der Waals surface area contributed by atoms with E-state index in [1.807, 2.05) is 0 Å². The fourth-order valence-electron chi connectivity index (χ4n) is 1.73. The Morgan fingerprint density at radius 1 is 1.22 bits per heavy atom. The van der Waals surface area contributed by atoms with Gasteiger partial charge in [0, 0.05) is 6.54 Å². The number of alkyl halides is 5. The van der Waals surface area contributed by atoms with E-state index < -0.39 is 58.9 Å². The number of hydrogen-bond acceptors (Lipinski definition) is 5. The van der Waals surface area contributed by atoms with Crippen molar-refractivity contribution in [1.82, 2.24) is 4.90 Å². The topological polar surface area (TPSA) is 72.9 Å². The van der Waals surface area contributed by atoms with Crippen molar-refractivity contribution in [3.63, 3.8) is 0 Å². The van der Waals surface area contributed by atoms with E-state index >= 15 is 0 Å². The predicted molar refractivity (Wildman–Crippen MR) is 67.2 cm³/mol. The lowest BCUT2D eigenvalue weighted by molar-refractivity contribution is -0.143. The number of hydrogen-bond donors (Lipinski definition) is 0. The minimum atomic E-state index is -6.15. The van der Waals surface area contributed by atoms with E-state index in [0.29, 0.717) is 4.90 Å². The number of ether oxygens (including phenoxy) is 1. The number of rotatable bonds is 2. The van der Waals surface area contributed by atoms with Crippen LogP contribution in [0.3, 0.4) is 0 Å². The highest BCUT2D eigenvalue weighted by Crippen LogP contribution is 2.35. The van der Waals surface area contributed by atoms with Gasteiger partial charge in [-0.3, -0.25) is 4.18 Å². The summed E-state index contributed by atoms with van der Waals surface area (Å²) < 4.78 is 94.3. The molecule has 1 rings (SSSR count). The zero-order valence-corrected chi connectivity index (χ0v) is 13.3. The number of piperidine rings is 1. The van der Waals surface area contributed by atoms with Gasteiger partial charge in [-0.05, 0) is 27.2 Å². The van der Waals surface area contributed by atoms with Crippen LogP contribution in [0.5, 0.6) is 0 Å². The maximum Gasteiger partial charge on any atom is 0.523 e. The molecule has 0 aromatic carbocycles. The lowest BCUT2D eigenvalue weighted by Crippen LogP contribution is -2.56. The van der Waals surface area contributed by atoms with Crippen LogP contribution in [0.1, 0.15) is 27.2 Å². The zero-order valence-electron chi connectivity index (χ0n) is 12.5. The minimum Gasteiger partial charge on any atom is -0.444 e. The van der Waals surface area contributed by atoms with E-state index in [0.717, 1.165) is 0 Å². The second-order valence-electron chi connectivity index (χ2n) is 5.94. The predicted octanol–water partition coefficient (Wildman–Crippen LogP) is 2.50. The Balaban J connectivity index is 2.81. The molecule has 0 N–H and O–H groups in total. The quantitative estimate of drug-likeness (QED) is 0.425. The van der Waals surface area contributed by atoms with Gasteiger partial charge in [0.2, 0.25) is 0 Å². The van der Waals surface area contributed by atoms with E-state index in [2.05, 4.69) is 4.18 Å². The van der Waals surface area contributed by atoms with Gasteiger partial charge in [-0.15, -0.1) is 0 Å². The van der Waals surface area contributed by atoms with Crippen molar-refractivity contribution < 1.29 is 44.1 Å². The summed E-state index contributed by atoms with van der Waals surface area (Å²) in [5.74, 6) is -3.98. The summed E-state index contributed by atoms with van der Waals surface area (Å²) in [4.78, 5) is 12.3. The Hall–Kier alpha value is -1.17. The second kappa shape index (κ2) is 6.04. The smallest absolute Gasteiger partial charge is 0.444 e. The summed E-state index contributed by atoms with van der Waals surface area (Å²) in [6, 6.07) is 0. The first-order chi connectivity index (χ1) is 10.1. The fourth-order valence-corrected chi connectivity index (χ4v) is 2.38. The number of amides is 1. The van der Waals surface area contributed by atoms with Gasteiger partial charge < -0.3 is 9.64 Å². The molecule has 0 bridgehead atoms. The molecule has 12 heteroatoms. The van der Waals surface area contributed by atoms with Crippen LogP contribution in [0.2, 0.25) is 0 Å². The van der Waals surface area contributed by atoms with Crippen molar-refractivity contribution >= 4 is 16.2 Å². The molecule has 0 aliphatic carbocycles. The van der Waals surface area contributed by atoms with Gasteiger partial charge in [-0.2, -0.15) is 21.6 Å². The molecule has 1 heterocycles. The Morgan fingerprint density at radius 2 is 1.74 bits per heavy atom. The van der Waals surface area contributed by atoms with Crippen LogP contribution in [0, 0.1) is 0 Å². The van der Waals surface area contributed by atoms with Gasteiger partial charge in [-0.25, -0.2) is 13.6 Å². The number of carbonyl (C=O) groups is 1. The summed E-state index contributed by atoms with van der Waals surface area (Å²) in [6.07, 6.45) is -4.37. The van der Waals surface area contributed by atoms with E-state index in [1.165, 1.54) is 20.8 Å². The van der Waals surface area contributed by atoms with E-state index in [-0.39, 0.29) is 0 Å². The maximum atomic E-state index is 13.8. The Kier molecular flexibility index (Phi) is 5.22. The summed E-state index contributed by atoms with van der Waals surface area (Å²) in [5.41, 5.74) is -6.75. The first kappa shape index (κ1) is 19.9. The van der Waals surface area contributed by atoms with Crippen molar-refractivity contribution in [3.05, 3.63) is 0 Å². The Morgan fingerprint density at radius 3 is 2.13 bits per heavy atom. The van der Waals surface area contributed by atoms with E-state index in [4.69, 9.17) is 4.74 Å². The van der Waals surface area contributed by atoms with Crippen LogP contribution >= 0.6 is 0 Å². The van der Waals surface area contributed by atoms with Crippen molar-refractivity contribution in [3.8, 4) is 0 Å². The Labute approximate surface area is 129 Å². The molecule has 1 fully saturated rings. The third-order valence-electron chi connectivity index (χ3n) is 2.71. The highest BCUT2D eigenvalue weighted by molar-refractivity contribution is 7.87. The molecule has 1 atom stereocenters. The molecule has 0 unspecified atom stereocenters. The van der Waals surface area contributed by atoms with Gasteiger partial charge in [0.05, 0.1) is 6.54 Å². The second-order valence-corrected chi connectivity index (χ2v) is 7.50. The van der Waals surface area contributed by atoms with E-state index in [9.17, 15) is 35.2 Å². The van der Waals surface area contributed by atoms with Crippen LogP contribution in [0.4, 0.5) is 26.7 Å². The van der Waals surface area contributed by atoms with Crippen LogP contribution in [-0.2, 0) is 19.0 Å². The first-order valence-corrected chi connectivity index (χ1v) is 7.81. The fraction of sp³-hybridized carbons (Fsp3) is 0.909.